The summed E-state index contributed by atoms with van der Waals surface area (Å²) in [5.74, 6) is 13.6. The van der Waals surface area contributed by atoms with Crippen LogP contribution in [0.3, 0.4) is 0 Å². The topological polar surface area (TPSA) is 26.3 Å². The summed E-state index contributed by atoms with van der Waals surface area (Å²) in [5, 5.41) is 0. The lowest BCUT2D eigenvalue weighted by Crippen LogP contribution is -2.03. The number of unbranched alkanes of at least 4 members (excludes halogenated alkanes) is 1. The number of carbonyl (C=O) groups is 1. The SMILES string of the molecule is C1#CCC=C(Cc2ccccc2)C=C1.C=C/C=C(\C=C/C)C(=O)C1=CCC#CC=C1.C=CCC/C=C(\C)Oc1ccccc1. The van der Waals surface area contributed by atoms with Crippen LogP contribution >= 0.6 is 0 Å². The first-order chi connectivity index (χ1) is 21.6. The van der Waals surface area contributed by atoms with Crippen LogP contribution < -0.4 is 4.74 Å². The van der Waals surface area contributed by atoms with Crippen molar-refractivity contribution in [1.29, 1.82) is 0 Å². The molecular formula is C42H42O2. The molecule has 4 rings (SSSR count). The molecule has 44 heavy (non-hydrogen) atoms. The fourth-order valence-electron chi connectivity index (χ4n) is 3.93. The first kappa shape index (κ1) is 34.9. The van der Waals surface area contributed by atoms with Crippen molar-refractivity contribution in [3.63, 3.8) is 0 Å². The molecule has 2 aliphatic carbocycles. The average molecular weight is 579 g/mol. The molecule has 0 N–H and O–H groups in total. The van der Waals surface area contributed by atoms with Gasteiger partial charge in [0.05, 0.1) is 5.76 Å². The Hall–Kier alpha value is -5.31. The smallest absolute Gasteiger partial charge is 0.192 e. The van der Waals surface area contributed by atoms with Crippen LogP contribution in [0.5, 0.6) is 5.75 Å². The highest BCUT2D eigenvalue weighted by Crippen LogP contribution is 2.14. The predicted octanol–water partition coefficient (Wildman–Crippen LogP) is 10.2. The Morgan fingerprint density at radius 3 is 2.20 bits per heavy atom. The van der Waals surface area contributed by atoms with Gasteiger partial charge >= 0.3 is 0 Å². The van der Waals surface area contributed by atoms with E-state index in [2.05, 4.69) is 79.3 Å². The van der Waals surface area contributed by atoms with E-state index in [4.69, 9.17) is 4.74 Å². The molecule has 222 valence electrons. The van der Waals surface area contributed by atoms with E-state index in [1.165, 1.54) is 11.1 Å². The minimum Gasteiger partial charge on any atom is -0.462 e. The third-order valence-electron chi connectivity index (χ3n) is 6.07. The van der Waals surface area contributed by atoms with E-state index in [9.17, 15) is 4.79 Å². The lowest BCUT2D eigenvalue weighted by molar-refractivity contribution is -0.111. The third kappa shape index (κ3) is 15.1. The van der Waals surface area contributed by atoms with Gasteiger partial charge in [-0.05, 0) is 80.7 Å². The van der Waals surface area contributed by atoms with Gasteiger partial charge in [0.25, 0.3) is 0 Å². The normalized spacial score (nSPS) is 13.4. The average Bonchev–Trinajstić information content (AvgIpc) is 3.48. The van der Waals surface area contributed by atoms with Gasteiger partial charge in [-0.25, -0.2) is 0 Å². The van der Waals surface area contributed by atoms with Crippen molar-refractivity contribution < 1.29 is 9.53 Å². The van der Waals surface area contributed by atoms with E-state index < -0.39 is 0 Å². The lowest BCUT2D eigenvalue weighted by atomic mass is 10.0. The van der Waals surface area contributed by atoms with Gasteiger partial charge in [-0.2, -0.15) is 0 Å². The van der Waals surface area contributed by atoms with Crippen molar-refractivity contribution >= 4 is 5.78 Å². The monoisotopic (exact) mass is 578 g/mol. The maximum atomic E-state index is 12.1. The van der Waals surface area contributed by atoms with Crippen LogP contribution in [0.15, 0.2) is 169 Å². The Kier molecular flexibility index (Phi) is 17.7. The van der Waals surface area contributed by atoms with E-state index >= 15 is 0 Å². The fraction of sp³-hybridized carbons (Fsp3) is 0.167. The van der Waals surface area contributed by atoms with E-state index in [1.807, 2.05) is 74.5 Å². The molecule has 2 nitrogen and oxygen atoms in total. The van der Waals surface area contributed by atoms with Gasteiger partial charge in [-0.1, -0.05) is 127 Å². The Morgan fingerprint density at radius 1 is 0.886 bits per heavy atom. The van der Waals surface area contributed by atoms with Gasteiger partial charge in [0.15, 0.2) is 5.78 Å². The van der Waals surface area contributed by atoms with Crippen LogP contribution in [0.1, 0.15) is 45.1 Å². The second kappa shape index (κ2) is 22.3. The van der Waals surface area contributed by atoms with E-state index in [1.54, 1.807) is 30.4 Å². The maximum Gasteiger partial charge on any atom is 0.192 e. The van der Waals surface area contributed by atoms with Crippen molar-refractivity contribution in [1.82, 2.24) is 0 Å². The summed E-state index contributed by atoms with van der Waals surface area (Å²) in [7, 11) is 0. The standard InChI is InChI=1S/C15H14O.C14H12.C13H16O/c1-3-9-13(10-4-2)15(16)14-11-7-5-6-8-12-14;1-2-5-9-13(8-4-1)12-14-10-6-3-7-11-14;1-3-4-6-9-12(2)14-13-10-7-5-8-11-13/h3-4,7,9-12H,1,8H2,2H3;3-4,6-11H,5,12H2;3,5,7-11H,1,4,6H2,2H3/b10-4-,13-9+;;12-9+. The first-order valence-corrected chi connectivity index (χ1v) is 14.8. The Balaban J connectivity index is 0.000000231. The summed E-state index contributed by atoms with van der Waals surface area (Å²) >= 11 is 0. The summed E-state index contributed by atoms with van der Waals surface area (Å²) in [6.45, 7) is 11.1. The molecule has 0 fully saturated rings. The minimum absolute atomic E-state index is 0.000231. The van der Waals surface area contributed by atoms with E-state index in [0.29, 0.717) is 17.6 Å². The quantitative estimate of drug-likeness (QED) is 0.0662. The fourth-order valence-corrected chi connectivity index (χ4v) is 3.93. The first-order valence-electron chi connectivity index (χ1n) is 14.8. The van der Waals surface area contributed by atoms with Crippen molar-refractivity contribution in [2.75, 3.05) is 0 Å². The number of benzene rings is 2. The predicted molar refractivity (Wildman–Crippen MR) is 188 cm³/mol. The molecule has 0 aliphatic heterocycles. The van der Waals surface area contributed by atoms with Crippen molar-refractivity contribution in [2.24, 2.45) is 0 Å². The molecule has 0 saturated heterocycles. The zero-order chi connectivity index (χ0) is 31.7. The van der Waals surface area contributed by atoms with E-state index in [-0.39, 0.29) is 5.78 Å². The molecule has 0 heterocycles. The van der Waals surface area contributed by atoms with Gasteiger partial charge in [-0.15, -0.1) is 6.58 Å². The van der Waals surface area contributed by atoms with E-state index in [0.717, 1.165) is 37.2 Å². The van der Waals surface area contributed by atoms with Crippen LogP contribution in [0.2, 0.25) is 0 Å². The highest BCUT2D eigenvalue weighted by Gasteiger charge is 2.10. The molecule has 0 spiro atoms. The molecular weight excluding hydrogens is 536 g/mol. The summed E-state index contributed by atoms with van der Waals surface area (Å²) < 4.78 is 5.59. The number of ether oxygens (including phenoxy) is 1. The van der Waals surface area contributed by atoms with Crippen LogP contribution in [0.25, 0.3) is 0 Å². The number of ketones is 1. The number of hydrogen-bond donors (Lipinski definition) is 0. The van der Waals surface area contributed by atoms with Crippen LogP contribution in [0, 0.1) is 23.7 Å². The highest BCUT2D eigenvalue weighted by molar-refractivity contribution is 6.12. The molecule has 2 heteroatoms. The lowest BCUT2D eigenvalue weighted by Gasteiger charge is -2.04. The van der Waals surface area contributed by atoms with Gasteiger partial charge in [-0.3, -0.25) is 4.79 Å². The minimum atomic E-state index is -0.000231. The number of allylic oxidation sites excluding steroid dienone is 16. The largest absolute Gasteiger partial charge is 0.462 e. The third-order valence-corrected chi connectivity index (χ3v) is 6.07. The van der Waals surface area contributed by atoms with Crippen molar-refractivity contribution in [2.45, 2.75) is 46.0 Å². The molecule has 2 aliphatic rings. The van der Waals surface area contributed by atoms with Crippen LogP contribution in [0.4, 0.5) is 0 Å². The zero-order valence-electron chi connectivity index (χ0n) is 26.0. The molecule has 0 radical (unpaired) electrons. The van der Waals surface area contributed by atoms with Gasteiger partial charge in [0.1, 0.15) is 5.75 Å². The zero-order valence-corrected chi connectivity index (χ0v) is 26.0. The van der Waals surface area contributed by atoms with Crippen LogP contribution in [-0.2, 0) is 11.2 Å². The highest BCUT2D eigenvalue weighted by atomic mass is 16.5. The number of carbonyl (C=O) groups excluding carboxylic acids is 1. The molecule has 0 unspecified atom stereocenters. The maximum absolute atomic E-state index is 12.1. The second-order valence-corrected chi connectivity index (χ2v) is 9.60. The summed E-state index contributed by atoms with van der Waals surface area (Å²) in [5.41, 5.74) is 4.00. The van der Waals surface area contributed by atoms with Crippen LogP contribution in [-0.4, -0.2) is 5.78 Å². The number of para-hydroxylation sites is 1. The molecule has 2 aromatic rings. The Morgan fingerprint density at radius 2 is 1.55 bits per heavy atom. The summed E-state index contributed by atoms with van der Waals surface area (Å²) in [6.07, 6.45) is 26.9. The summed E-state index contributed by atoms with van der Waals surface area (Å²) in [6, 6.07) is 20.3. The second-order valence-electron chi connectivity index (χ2n) is 9.60. The number of rotatable bonds is 11. The Labute approximate surface area is 265 Å². The molecule has 0 atom stereocenters. The number of Topliss-reactive ketones (excluding diaryl/α,β-unsaturated/α-hetero) is 1. The van der Waals surface area contributed by atoms with Gasteiger partial charge in [0.2, 0.25) is 0 Å². The number of hydrogen-bond acceptors (Lipinski definition) is 2. The summed E-state index contributed by atoms with van der Waals surface area (Å²) in [4.78, 5) is 12.1. The van der Waals surface area contributed by atoms with Crippen molar-refractivity contribution in [3.8, 4) is 29.4 Å². The van der Waals surface area contributed by atoms with Gasteiger partial charge < -0.3 is 4.74 Å². The Bertz CT molecular complexity index is 1550. The van der Waals surface area contributed by atoms with Crippen molar-refractivity contribution in [3.05, 3.63) is 175 Å². The molecule has 0 saturated carbocycles. The van der Waals surface area contributed by atoms with Gasteiger partial charge in [0, 0.05) is 24.0 Å². The molecule has 0 amide bonds. The molecule has 0 bridgehead atoms. The molecule has 2 aromatic carbocycles. The molecule has 0 aromatic heterocycles.